The highest BCUT2D eigenvalue weighted by molar-refractivity contribution is 7.26. The molecule has 0 radical (unpaired) electrons. The minimum atomic E-state index is 0.759. The zero-order valence-electron chi connectivity index (χ0n) is 10.1. The van der Waals surface area contributed by atoms with Gasteiger partial charge in [-0.05, 0) is 17.5 Å². The van der Waals surface area contributed by atoms with Crippen LogP contribution >= 0.6 is 11.3 Å². The summed E-state index contributed by atoms with van der Waals surface area (Å²) in [6.07, 6.45) is 0. The fourth-order valence-corrected chi connectivity index (χ4v) is 3.84. The van der Waals surface area contributed by atoms with Crippen molar-refractivity contribution >= 4 is 42.3 Å². The maximum absolute atomic E-state index is 9.32. The van der Waals surface area contributed by atoms with Crippen molar-refractivity contribution in [3.05, 3.63) is 60.2 Å². The first-order valence-corrected chi connectivity index (χ1v) is 6.93. The van der Waals surface area contributed by atoms with Crippen LogP contribution in [-0.4, -0.2) is 0 Å². The summed E-state index contributed by atoms with van der Waals surface area (Å²) in [5.41, 5.74) is 0.759. The van der Waals surface area contributed by atoms with Gasteiger partial charge >= 0.3 is 0 Å². The van der Waals surface area contributed by atoms with Crippen molar-refractivity contribution in [3.8, 4) is 6.07 Å². The van der Waals surface area contributed by atoms with Crippen molar-refractivity contribution in [2.75, 3.05) is 0 Å². The standard InChI is InChI=1S/C17H9NS/c18-10-11-9-16-17(13-6-2-1-5-12(11)13)14-7-3-4-8-15(14)19-16/h1-9H. The molecule has 2 heteroatoms. The molecule has 0 fully saturated rings. The smallest absolute Gasteiger partial charge is 0.0998 e. The molecular formula is C17H9NS. The summed E-state index contributed by atoms with van der Waals surface area (Å²) < 4.78 is 2.47. The van der Waals surface area contributed by atoms with Gasteiger partial charge < -0.3 is 0 Å². The Labute approximate surface area is 114 Å². The number of fused-ring (bicyclic) bond motifs is 5. The van der Waals surface area contributed by atoms with Crippen LogP contribution in [0.4, 0.5) is 0 Å². The third-order valence-electron chi connectivity index (χ3n) is 3.51. The Morgan fingerprint density at radius 2 is 1.47 bits per heavy atom. The van der Waals surface area contributed by atoms with Gasteiger partial charge in [-0.25, -0.2) is 0 Å². The number of rotatable bonds is 0. The van der Waals surface area contributed by atoms with E-state index in [9.17, 15) is 5.26 Å². The summed E-state index contributed by atoms with van der Waals surface area (Å²) in [5.74, 6) is 0. The average molecular weight is 259 g/mol. The lowest BCUT2D eigenvalue weighted by Crippen LogP contribution is -1.80. The largest absolute Gasteiger partial charge is 0.192 e. The third-order valence-corrected chi connectivity index (χ3v) is 4.62. The van der Waals surface area contributed by atoms with E-state index in [2.05, 4.69) is 36.4 Å². The molecule has 0 bridgehead atoms. The fourth-order valence-electron chi connectivity index (χ4n) is 2.68. The molecule has 19 heavy (non-hydrogen) atoms. The normalized spacial score (nSPS) is 11.1. The minimum absolute atomic E-state index is 0.759. The predicted molar refractivity (Wildman–Crippen MR) is 81.6 cm³/mol. The minimum Gasteiger partial charge on any atom is -0.192 e. The van der Waals surface area contributed by atoms with Gasteiger partial charge in [0.2, 0.25) is 0 Å². The number of nitrogens with zero attached hydrogens (tertiary/aromatic N) is 1. The maximum atomic E-state index is 9.32. The van der Waals surface area contributed by atoms with E-state index in [-0.39, 0.29) is 0 Å². The van der Waals surface area contributed by atoms with Crippen LogP contribution in [0, 0.1) is 11.3 Å². The Morgan fingerprint density at radius 3 is 2.26 bits per heavy atom. The van der Waals surface area contributed by atoms with E-state index in [1.807, 2.05) is 24.3 Å². The summed E-state index contributed by atoms with van der Waals surface area (Å²) in [4.78, 5) is 0. The lowest BCUT2D eigenvalue weighted by molar-refractivity contribution is 1.51. The Morgan fingerprint density at radius 1 is 0.789 bits per heavy atom. The molecule has 0 atom stereocenters. The van der Waals surface area contributed by atoms with E-state index in [0.717, 1.165) is 10.9 Å². The SMILES string of the molecule is N#Cc1cc2sc3ccccc3c2c2ccccc12. The molecule has 0 unspecified atom stereocenters. The molecule has 4 rings (SSSR count). The first-order valence-electron chi connectivity index (χ1n) is 6.11. The maximum Gasteiger partial charge on any atom is 0.0998 e. The topological polar surface area (TPSA) is 23.8 Å². The van der Waals surface area contributed by atoms with Crippen LogP contribution in [0.25, 0.3) is 30.9 Å². The van der Waals surface area contributed by atoms with Crippen LogP contribution in [-0.2, 0) is 0 Å². The second-order valence-electron chi connectivity index (χ2n) is 4.55. The first kappa shape index (κ1) is 10.5. The van der Waals surface area contributed by atoms with Crippen LogP contribution in [0.3, 0.4) is 0 Å². The van der Waals surface area contributed by atoms with Gasteiger partial charge in [0.15, 0.2) is 0 Å². The van der Waals surface area contributed by atoms with Crippen LogP contribution in [0.1, 0.15) is 5.56 Å². The molecule has 1 aromatic heterocycles. The zero-order valence-corrected chi connectivity index (χ0v) is 10.9. The van der Waals surface area contributed by atoms with Crippen molar-refractivity contribution in [1.82, 2.24) is 0 Å². The Hall–Kier alpha value is -2.37. The van der Waals surface area contributed by atoms with Crippen molar-refractivity contribution in [3.63, 3.8) is 0 Å². The lowest BCUT2D eigenvalue weighted by atomic mass is 10.00. The molecule has 3 aromatic carbocycles. The van der Waals surface area contributed by atoms with E-state index in [0.29, 0.717) is 0 Å². The van der Waals surface area contributed by atoms with E-state index >= 15 is 0 Å². The van der Waals surface area contributed by atoms with Gasteiger partial charge in [-0.3, -0.25) is 0 Å². The molecule has 0 amide bonds. The fraction of sp³-hybridized carbons (Fsp3) is 0. The number of thiophene rings is 1. The van der Waals surface area contributed by atoms with Gasteiger partial charge in [-0.15, -0.1) is 11.3 Å². The Kier molecular flexibility index (Phi) is 2.11. The molecule has 1 nitrogen and oxygen atoms in total. The van der Waals surface area contributed by atoms with E-state index in [1.165, 1.54) is 25.6 Å². The third kappa shape index (κ3) is 1.39. The second-order valence-corrected chi connectivity index (χ2v) is 5.64. The van der Waals surface area contributed by atoms with Gasteiger partial charge in [0, 0.05) is 25.6 Å². The van der Waals surface area contributed by atoms with E-state index in [1.54, 1.807) is 11.3 Å². The molecule has 0 aliphatic heterocycles. The summed E-state index contributed by atoms with van der Waals surface area (Å²) >= 11 is 1.75. The predicted octanol–water partition coefficient (Wildman–Crippen LogP) is 5.08. The van der Waals surface area contributed by atoms with Gasteiger partial charge in [0.25, 0.3) is 0 Å². The van der Waals surface area contributed by atoms with Gasteiger partial charge in [0.1, 0.15) is 0 Å². The second kappa shape index (κ2) is 3.81. The van der Waals surface area contributed by atoms with E-state index in [4.69, 9.17) is 0 Å². The highest BCUT2D eigenvalue weighted by atomic mass is 32.1. The molecule has 0 aliphatic carbocycles. The van der Waals surface area contributed by atoms with Crippen molar-refractivity contribution in [2.45, 2.75) is 0 Å². The molecule has 0 aliphatic rings. The Balaban J connectivity index is 2.38. The van der Waals surface area contributed by atoms with Crippen molar-refractivity contribution < 1.29 is 0 Å². The van der Waals surface area contributed by atoms with Crippen molar-refractivity contribution in [2.24, 2.45) is 0 Å². The summed E-state index contributed by atoms with van der Waals surface area (Å²) in [5, 5.41) is 14.1. The van der Waals surface area contributed by atoms with Crippen molar-refractivity contribution in [1.29, 1.82) is 5.26 Å². The van der Waals surface area contributed by atoms with E-state index < -0.39 is 0 Å². The molecule has 0 saturated carbocycles. The monoisotopic (exact) mass is 259 g/mol. The molecule has 1 heterocycles. The highest BCUT2D eigenvalue weighted by Crippen LogP contribution is 2.39. The average Bonchev–Trinajstić information content (AvgIpc) is 2.84. The molecule has 0 saturated heterocycles. The summed E-state index contributed by atoms with van der Waals surface area (Å²) in [7, 11) is 0. The Bertz CT molecular complexity index is 973. The first-order chi connectivity index (χ1) is 9.38. The van der Waals surface area contributed by atoms with Crippen LogP contribution in [0.15, 0.2) is 54.6 Å². The molecule has 0 spiro atoms. The lowest BCUT2D eigenvalue weighted by Gasteiger charge is -2.02. The zero-order chi connectivity index (χ0) is 12.8. The van der Waals surface area contributed by atoms with Gasteiger partial charge in [0.05, 0.1) is 11.6 Å². The number of hydrogen-bond donors (Lipinski definition) is 0. The number of hydrogen-bond acceptors (Lipinski definition) is 2. The summed E-state index contributed by atoms with van der Waals surface area (Å²) in [6.45, 7) is 0. The van der Waals surface area contributed by atoms with Crippen LogP contribution in [0.2, 0.25) is 0 Å². The van der Waals surface area contributed by atoms with Crippen LogP contribution in [0.5, 0.6) is 0 Å². The molecule has 4 aromatic rings. The quantitative estimate of drug-likeness (QED) is 0.432. The van der Waals surface area contributed by atoms with Gasteiger partial charge in [-0.2, -0.15) is 5.26 Å². The number of benzene rings is 3. The number of nitriles is 1. The van der Waals surface area contributed by atoms with Gasteiger partial charge in [-0.1, -0.05) is 42.5 Å². The highest BCUT2D eigenvalue weighted by Gasteiger charge is 2.11. The van der Waals surface area contributed by atoms with Crippen LogP contribution < -0.4 is 0 Å². The molecular weight excluding hydrogens is 250 g/mol. The molecule has 88 valence electrons. The molecule has 0 N–H and O–H groups in total. The summed E-state index contributed by atoms with van der Waals surface area (Å²) in [6, 6.07) is 20.9.